The van der Waals surface area contributed by atoms with Crippen molar-refractivity contribution < 1.29 is 4.74 Å². The minimum absolute atomic E-state index is 0.651. The molecule has 0 N–H and O–H groups in total. The number of hydrogen-bond donors (Lipinski definition) is 0. The van der Waals surface area contributed by atoms with Crippen LogP contribution >= 0.6 is 11.6 Å². The summed E-state index contributed by atoms with van der Waals surface area (Å²) in [4.78, 5) is 0. The fourth-order valence-corrected chi connectivity index (χ4v) is 3.45. The molecule has 0 amide bonds. The van der Waals surface area contributed by atoms with E-state index in [9.17, 15) is 0 Å². The number of benzene rings is 1. The molecule has 1 aromatic carbocycles. The molecule has 0 radical (unpaired) electrons. The molecule has 2 heteroatoms. The van der Waals surface area contributed by atoms with E-state index in [0.717, 1.165) is 31.4 Å². The molecule has 2 rings (SSSR count). The minimum Gasteiger partial charge on any atom is -0.377 e. The van der Waals surface area contributed by atoms with Gasteiger partial charge in [0.15, 0.2) is 0 Å². The normalized spacial score (nSPS) is 18.4. The average molecular weight is 281 g/mol. The summed E-state index contributed by atoms with van der Waals surface area (Å²) in [6.45, 7) is 1.56. The summed E-state index contributed by atoms with van der Waals surface area (Å²) in [5.41, 5.74) is 1.25. The van der Waals surface area contributed by atoms with E-state index in [-0.39, 0.29) is 0 Å². The van der Waals surface area contributed by atoms with Crippen LogP contribution in [0.4, 0.5) is 0 Å². The lowest BCUT2D eigenvalue weighted by Crippen LogP contribution is -2.21. The summed E-state index contributed by atoms with van der Waals surface area (Å²) in [5.74, 6) is 2.28. The Morgan fingerprint density at radius 1 is 1.11 bits per heavy atom. The van der Waals surface area contributed by atoms with Crippen LogP contribution in [0.1, 0.15) is 44.1 Å². The SMILES string of the molecule is ClCC(CCOCc1ccccc1)C1CCCCC1. The Balaban J connectivity index is 1.65. The molecule has 0 bridgehead atoms. The topological polar surface area (TPSA) is 9.23 Å². The first-order valence-electron chi connectivity index (χ1n) is 7.58. The van der Waals surface area contributed by atoms with Gasteiger partial charge in [0.2, 0.25) is 0 Å². The molecule has 1 saturated carbocycles. The molecular weight excluding hydrogens is 256 g/mol. The van der Waals surface area contributed by atoms with Crippen LogP contribution in [0.15, 0.2) is 30.3 Å². The van der Waals surface area contributed by atoms with Crippen LogP contribution in [0, 0.1) is 11.8 Å². The average Bonchev–Trinajstić information content (AvgIpc) is 2.49. The number of ether oxygens (including phenoxy) is 1. The van der Waals surface area contributed by atoms with Crippen molar-refractivity contribution in [3.8, 4) is 0 Å². The highest BCUT2D eigenvalue weighted by atomic mass is 35.5. The number of hydrogen-bond acceptors (Lipinski definition) is 1. The highest BCUT2D eigenvalue weighted by Gasteiger charge is 2.22. The van der Waals surface area contributed by atoms with Gasteiger partial charge in [0, 0.05) is 12.5 Å². The van der Waals surface area contributed by atoms with Gasteiger partial charge in [0.25, 0.3) is 0 Å². The molecule has 19 heavy (non-hydrogen) atoms. The highest BCUT2D eigenvalue weighted by molar-refractivity contribution is 6.18. The summed E-state index contributed by atoms with van der Waals surface area (Å²) >= 11 is 6.14. The summed E-state index contributed by atoms with van der Waals surface area (Å²) in [6, 6.07) is 10.4. The highest BCUT2D eigenvalue weighted by Crippen LogP contribution is 2.32. The Labute approximate surface area is 122 Å². The van der Waals surface area contributed by atoms with Crippen molar-refractivity contribution in [1.29, 1.82) is 0 Å². The third-order valence-corrected chi connectivity index (χ3v) is 4.66. The third-order valence-electron chi connectivity index (χ3n) is 4.26. The van der Waals surface area contributed by atoms with E-state index in [2.05, 4.69) is 24.3 Å². The number of alkyl halides is 1. The standard InChI is InChI=1S/C17H25ClO/c18-13-17(16-9-5-2-6-10-16)11-12-19-14-15-7-3-1-4-8-15/h1,3-4,7-8,16-17H,2,5-6,9-14H2. The maximum atomic E-state index is 6.14. The predicted molar refractivity (Wildman–Crippen MR) is 81.5 cm³/mol. The van der Waals surface area contributed by atoms with Crippen LogP contribution in [0.2, 0.25) is 0 Å². The Kier molecular flexibility index (Phi) is 6.73. The van der Waals surface area contributed by atoms with E-state index in [1.807, 2.05) is 6.07 Å². The first-order valence-corrected chi connectivity index (χ1v) is 8.11. The van der Waals surface area contributed by atoms with Gasteiger partial charge in [0.05, 0.1) is 6.61 Å². The molecule has 0 heterocycles. The molecule has 1 aliphatic carbocycles. The van der Waals surface area contributed by atoms with Crippen molar-refractivity contribution in [2.45, 2.75) is 45.1 Å². The second-order valence-electron chi connectivity index (χ2n) is 5.64. The molecule has 106 valence electrons. The van der Waals surface area contributed by atoms with E-state index in [0.29, 0.717) is 5.92 Å². The molecule has 0 aromatic heterocycles. The first-order chi connectivity index (χ1) is 9.40. The molecule has 1 aromatic rings. The fourth-order valence-electron chi connectivity index (χ4n) is 3.04. The Bertz CT molecular complexity index is 332. The maximum absolute atomic E-state index is 6.14. The number of rotatable bonds is 7. The van der Waals surface area contributed by atoms with Gasteiger partial charge < -0.3 is 4.74 Å². The van der Waals surface area contributed by atoms with Crippen molar-refractivity contribution in [3.63, 3.8) is 0 Å². The number of halogens is 1. The van der Waals surface area contributed by atoms with E-state index in [1.165, 1.54) is 37.7 Å². The molecule has 0 spiro atoms. The Morgan fingerprint density at radius 2 is 1.84 bits per heavy atom. The van der Waals surface area contributed by atoms with E-state index in [4.69, 9.17) is 16.3 Å². The van der Waals surface area contributed by atoms with Crippen molar-refractivity contribution in [2.75, 3.05) is 12.5 Å². The smallest absolute Gasteiger partial charge is 0.0716 e. The fraction of sp³-hybridized carbons (Fsp3) is 0.647. The third kappa shape index (κ3) is 5.16. The molecule has 0 saturated heterocycles. The summed E-state index contributed by atoms with van der Waals surface area (Å²) < 4.78 is 5.78. The predicted octanol–water partition coefficient (Wildman–Crippen LogP) is 5.03. The molecule has 1 aliphatic rings. The van der Waals surface area contributed by atoms with Gasteiger partial charge in [-0.2, -0.15) is 0 Å². The van der Waals surface area contributed by atoms with Crippen molar-refractivity contribution >= 4 is 11.6 Å². The lowest BCUT2D eigenvalue weighted by Gasteiger charge is -2.28. The largest absolute Gasteiger partial charge is 0.377 e. The van der Waals surface area contributed by atoms with Gasteiger partial charge in [0.1, 0.15) is 0 Å². The summed E-state index contributed by atoms with van der Waals surface area (Å²) in [6.07, 6.45) is 8.05. The molecular formula is C17H25ClO. The lowest BCUT2D eigenvalue weighted by atomic mass is 9.79. The van der Waals surface area contributed by atoms with Crippen LogP contribution in [0.5, 0.6) is 0 Å². The summed E-state index contributed by atoms with van der Waals surface area (Å²) in [5, 5.41) is 0. The van der Waals surface area contributed by atoms with Crippen LogP contribution in [-0.4, -0.2) is 12.5 Å². The van der Waals surface area contributed by atoms with Crippen molar-refractivity contribution in [1.82, 2.24) is 0 Å². The van der Waals surface area contributed by atoms with E-state index < -0.39 is 0 Å². The molecule has 1 nitrogen and oxygen atoms in total. The van der Waals surface area contributed by atoms with Crippen molar-refractivity contribution in [3.05, 3.63) is 35.9 Å². The van der Waals surface area contributed by atoms with Crippen LogP contribution in [-0.2, 0) is 11.3 Å². The monoisotopic (exact) mass is 280 g/mol. The zero-order chi connectivity index (χ0) is 13.3. The quantitative estimate of drug-likeness (QED) is 0.503. The zero-order valence-electron chi connectivity index (χ0n) is 11.7. The van der Waals surface area contributed by atoms with Gasteiger partial charge in [-0.15, -0.1) is 11.6 Å². The molecule has 1 fully saturated rings. The van der Waals surface area contributed by atoms with Crippen LogP contribution < -0.4 is 0 Å². The minimum atomic E-state index is 0.651. The van der Waals surface area contributed by atoms with Crippen LogP contribution in [0.3, 0.4) is 0 Å². The summed E-state index contributed by atoms with van der Waals surface area (Å²) in [7, 11) is 0. The zero-order valence-corrected chi connectivity index (χ0v) is 12.4. The van der Waals surface area contributed by atoms with Gasteiger partial charge in [-0.1, -0.05) is 62.4 Å². The molecule has 1 atom stereocenters. The van der Waals surface area contributed by atoms with Crippen molar-refractivity contribution in [2.24, 2.45) is 11.8 Å². The van der Waals surface area contributed by atoms with Gasteiger partial charge in [-0.25, -0.2) is 0 Å². The lowest BCUT2D eigenvalue weighted by molar-refractivity contribution is 0.0970. The Hall–Kier alpha value is -0.530. The maximum Gasteiger partial charge on any atom is 0.0716 e. The first kappa shape index (κ1) is 14.9. The van der Waals surface area contributed by atoms with Gasteiger partial charge in [-0.05, 0) is 23.8 Å². The second kappa shape index (κ2) is 8.60. The van der Waals surface area contributed by atoms with Crippen LogP contribution in [0.25, 0.3) is 0 Å². The van der Waals surface area contributed by atoms with Gasteiger partial charge >= 0.3 is 0 Å². The van der Waals surface area contributed by atoms with Gasteiger partial charge in [-0.3, -0.25) is 0 Å². The Morgan fingerprint density at radius 3 is 2.53 bits per heavy atom. The van der Waals surface area contributed by atoms with E-state index in [1.54, 1.807) is 0 Å². The van der Waals surface area contributed by atoms with E-state index >= 15 is 0 Å². The molecule has 0 aliphatic heterocycles. The second-order valence-corrected chi connectivity index (χ2v) is 5.95. The molecule has 1 unspecified atom stereocenters.